The van der Waals surface area contributed by atoms with Gasteiger partial charge in [-0.15, -0.1) is 10.2 Å². The molecule has 1 saturated heterocycles. The second-order valence-corrected chi connectivity index (χ2v) is 8.94. The van der Waals surface area contributed by atoms with Crippen LogP contribution in [0.3, 0.4) is 0 Å². The Morgan fingerprint density at radius 2 is 1.91 bits per heavy atom. The molecular weight excluding hydrogens is 424 g/mol. The fraction of sp³-hybridized carbons (Fsp3) is 0.375. The van der Waals surface area contributed by atoms with Gasteiger partial charge in [0.15, 0.2) is 11.0 Å². The molecule has 2 aromatic carbocycles. The van der Waals surface area contributed by atoms with E-state index >= 15 is 0 Å². The van der Waals surface area contributed by atoms with Crippen LogP contribution in [0.15, 0.2) is 53.7 Å². The molecule has 0 N–H and O–H groups in total. The van der Waals surface area contributed by atoms with E-state index in [4.69, 9.17) is 9.47 Å². The van der Waals surface area contributed by atoms with Gasteiger partial charge in [-0.05, 0) is 51.1 Å². The quantitative estimate of drug-likeness (QED) is 0.505. The molecule has 8 heteroatoms. The second-order valence-electron chi connectivity index (χ2n) is 7.64. The lowest BCUT2D eigenvalue weighted by molar-refractivity contribution is -0.134. The Labute approximate surface area is 192 Å². The van der Waals surface area contributed by atoms with Gasteiger partial charge in [0, 0.05) is 24.3 Å². The summed E-state index contributed by atoms with van der Waals surface area (Å²) in [4.78, 5) is 14.8. The van der Waals surface area contributed by atoms with E-state index in [2.05, 4.69) is 29.3 Å². The normalized spacial score (nSPS) is 14.9. The zero-order valence-electron chi connectivity index (χ0n) is 18.7. The van der Waals surface area contributed by atoms with E-state index < -0.39 is 0 Å². The molecule has 1 aromatic heterocycles. The maximum atomic E-state index is 13.0. The monoisotopic (exact) mass is 452 g/mol. The van der Waals surface area contributed by atoms with Crippen LogP contribution in [-0.2, 0) is 9.53 Å². The number of morpholine rings is 1. The Morgan fingerprint density at radius 1 is 1.16 bits per heavy atom. The fourth-order valence-corrected chi connectivity index (χ4v) is 4.61. The van der Waals surface area contributed by atoms with Crippen LogP contribution in [0.4, 0.5) is 0 Å². The van der Waals surface area contributed by atoms with Gasteiger partial charge in [0.05, 0.1) is 25.1 Å². The van der Waals surface area contributed by atoms with E-state index in [9.17, 15) is 4.79 Å². The van der Waals surface area contributed by atoms with Crippen LogP contribution in [0.1, 0.15) is 19.4 Å². The van der Waals surface area contributed by atoms with Crippen molar-refractivity contribution in [1.82, 2.24) is 19.7 Å². The summed E-state index contributed by atoms with van der Waals surface area (Å²) in [5, 5.41) is 9.37. The minimum absolute atomic E-state index is 0.0941. The molecule has 168 valence electrons. The molecule has 0 bridgehead atoms. The molecule has 1 fully saturated rings. The van der Waals surface area contributed by atoms with Crippen molar-refractivity contribution in [2.75, 3.05) is 32.9 Å². The first-order valence-corrected chi connectivity index (χ1v) is 11.7. The summed E-state index contributed by atoms with van der Waals surface area (Å²) in [5.41, 5.74) is 3.04. The SMILES string of the molecule is CCOc1ccc(-n2c(SC(C)C(=O)N3CCOCC3)nnc2-c2cccc(C)c2)cc1. The molecule has 0 saturated carbocycles. The Kier molecular flexibility index (Phi) is 7.12. The first-order chi connectivity index (χ1) is 15.6. The molecule has 1 amide bonds. The Bertz CT molecular complexity index is 1060. The minimum atomic E-state index is -0.288. The van der Waals surface area contributed by atoms with Crippen molar-refractivity contribution in [2.24, 2.45) is 0 Å². The topological polar surface area (TPSA) is 69.5 Å². The zero-order valence-corrected chi connectivity index (χ0v) is 19.5. The van der Waals surface area contributed by atoms with Crippen molar-refractivity contribution < 1.29 is 14.3 Å². The summed E-state index contributed by atoms with van der Waals surface area (Å²) in [6.07, 6.45) is 0. The van der Waals surface area contributed by atoms with Gasteiger partial charge >= 0.3 is 0 Å². The molecule has 32 heavy (non-hydrogen) atoms. The number of carbonyl (C=O) groups is 1. The summed E-state index contributed by atoms with van der Waals surface area (Å²) < 4.78 is 13.0. The van der Waals surface area contributed by atoms with Crippen molar-refractivity contribution in [2.45, 2.75) is 31.2 Å². The van der Waals surface area contributed by atoms with Gasteiger partial charge in [0.2, 0.25) is 5.91 Å². The van der Waals surface area contributed by atoms with Crippen molar-refractivity contribution in [3.05, 3.63) is 54.1 Å². The summed E-state index contributed by atoms with van der Waals surface area (Å²) in [6.45, 7) is 8.99. The second kappa shape index (κ2) is 10.2. The number of rotatable bonds is 7. The lowest BCUT2D eigenvalue weighted by atomic mass is 10.1. The summed E-state index contributed by atoms with van der Waals surface area (Å²) >= 11 is 1.43. The first-order valence-electron chi connectivity index (χ1n) is 10.9. The van der Waals surface area contributed by atoms with Gasteiger partial charge < -0.3 is 14.4 Å². The highest BCUT2D eigenvalue weighted by Crippen LogP contribution is 2.31. The third kappa shape index (κ3) is 4.97. The molecule has 1 aliphatic heterocycles. The van der Waals surface area contributed by atoms with Crippen LogP contribution in [0.25, 0.3) is 17.1 Å². The fourth-order valence-electron chi connectivity index (χ4n) is 3.66. The highest BCUT2D eigenvalue weighted by Gasteiger charge is 2.26. The van der Waals surface area contributed by atoms with E-state index in [0.29, 0.717) is 38.1 Å². The maximum absolute atomic E-state index is 13.0. The molecule has 2 heterocycles. The summed E-state index contributed by atoms with van der Waals surface area (Å²) in [6, 6.07) is 16.0. The standard InChI is InChI=1S/C24H28N4O3S/c1-4-31-21-10-8-20(9-11-21)28-22(19-7-5-6-17(2)16-19)25-26-24(28)32-18(3)23(29)27-12-14-30-15-13-27/h5-11,16,18H,4,12-15H2,1-3H3. The molecular formula is C24H28N4O3S. The summed E-state index contributed by atoms with van der Waals surface area (Å²) in [5.74, 6) is 1.65. The van der Waals surface area contributed by atoms with E-state index in [-0.39, 0.29) is 11.2 Å². The number of benzene rings is 2. The highest BCUT2D eigenvalue weighted by molar-refractivity contribution is 8.00. The van der Waals surface area contributed by atoms with Crippen molar-refractivity contribution in [3.63, 3.8) is 0 Å². The maximum Gasteiger partial charge on any atom is 0.236 e. The van der Waals surface area contributed by atoms with E-state index in [1.165, 1.54) is 11.8 Å². The molecule has 0 spiro atoms. The van der Waals surface area contributed by atoms with E-state index in [0.717, 1.165) is 28.4 Å². The molecule has 1 aliphatic rings. The Balaban J connectivity index is 1.68. The van der Waals surface area contributed by atoms with Crippen LogP contribution < -0.4 is 4.74 Å². The van der Waals surface area contributed by atoms with Crippen molar-refractivity contribution in [3.8, 4) is 22.8 Å². The lowest BCUT2D eigenvalue weighted by Crippen LogP contribution is -2.44. The third-order valence-corrected chi connectivity index (χ3v) is 6.30. The average Bonchev–Trinajstić information content (AvgIpc) is 3.23. The number of amides is 1. The van der Waals surface area contributed by atoms with E-state index in [1.807, 2.05) is 59.7 Å². The molecule has 1 unspecified atom stereocenters. The zero-order chi connectivity index (χ0) is 22.5. The molecule has 3 aromatic rings. The van der Waals surface area contributed by atoms with Crippen LogP contribution >= 0.6 is 11.8 Å². The third-order valence-electron chi connectivity index (χ3n) is 5.27. The Hall–Kier alpha value is -2.84. The highest BCUT2D eigenvalue weighted by atomic mass is 32.2. The van der Waals surface area contributed by atoms with Gasteiger partial charge in [0.25, 0.3) is 0 Å². The van der Waals surface area contributed by atoms with Crippen molar-refractivity contribution in [1.29, 1.82) is 0 Å². The number of nitrogens with zero attached hydrogens (tertiary/aromatic N) is 4. The van der Waals surface area contributed by atoms with Gasteiger partial charge in [-0.1, -0.05) is 35.5 Å². The van der Waals surface area contributed by atoms with Crippen LogP contribution in [0, 0.1) is 6.92 Å². The average molecular weight is 453 g/mol. The largest absolute Gasteiger partial charge is 0.494 e. The summed E-state index contributed by atoms with van der Waals surface area (Å²) in [7, 11) is 0. The lowest BCUT2D eigenvalue weighted by Gasteiger charge is -2.28. The van der Waals surface area contributed by atoms with Gasteiger partial charge in [0.1, 0.15) is 5.75 Å². The van der Waals surface area contributed by atoms with Crippen LogP contribution in [-0.4, -0.2) is 63.7 Å². The number of ether oxygens (including phenoxy) is 2. The van der Waals surface area contributed by atoms with Crippen molar-refractivity contribution >= 4 is 17.7 Å². The first kappa shape index (κ1) is 22.4. The number of hydrogen-bond donors (Lipinski definition) is 0. The minimum Gasteiger partial charge on any atom is -0.494 e. The van der Waals surface area contributed by atoms with Crippen LogP contribution in [0.2, 0.25) is 0 Å². The molecule has 7 nitrogen and oxygen atoms in total. The number of aromatic nitrogens is 3. The van der Waals surface area contributed by atoms with Crippen LogP contribution in [0.5, 0.6) is 5.75 Å². The molecule has 0 aliphatic carbocycles. The van der Waals surface area contributed by atoms with Gasteiger partial charge in [-0.2, -0.15) is 0 Å². The predicted molar refractivity (Wildman–Crippen MR) is 125 cm³/mol. The molecule has 0 radical (unpaired) electrons. The smallest absolute Gasteiger partial charge is 0.236 e. The molecule has 1 atom stereocenters. The predicted octanol–water partition coefficient (Wildman–Crippen LogP) is 3.98. The number of hydrogen-bond acceptors (Lipinski definition) is 6. The number of thioether (sulfide) groups is 1. The Morgan fingerprint density at radius 3 is 2.59 bits per heavy atom. The number of aryl methyl sites for hydroxylation is 1. The van der Waals surface area contributed by atoms with Gasteiger partial charge in [-0.25, -0.2) is 0 Å². The van der Waals surface area contributed by atoms with E-state index in [1.54, 1.807) is 0 Å². The van der Waals surface area contributed by atoms with Gasteiger partial charge in [-0.3, -0.25) is 9.36 Å². The number of carbonyl (C=O) groups excluding carboxylic acids is 1. The molecule has 4 rings (SSSR count).